The average Bonchev–Trinajstić information content (AvgIpc) is 1.12. The van der Waals surface area contributed by atoms with Gasteiger partial charge in [-0.3, -0.25) is 16.8 Å². The molecule has 0 bridgehead atoms. The van der Waals surface area contributed by atoms with Gasteiger partial charge in [0.15, 0.2) is 0 Å². The fraction of sp³-hybridized carbons (Fsp3) is 0. The maximum Gasteiger partial charge on any atom is 2.00 e. The molecule has 0 aliphatic heterocycles. The third-order valence-corrected chi connectivity index (χ3v) is 0. The van der Waals surface area contributed by atoms with Gasteiger partial charge in [0, 0.05) is 20.8 Å². The van der Waals surface area contributed by atoms with Gasteiger partial charge in [0.05, 0.1) is 0 Å². The van der Waals surface area contributed by atoms with Crippen LogP contribution >= 0.6 is 0 Å². The molecule has 0 aliphatic rings. The van der Waals surface area contributed by atoms with Gasteiger partial charge >= 0.3 is 42.5 Å². The molecule has 120 valence electrons. The van der Waals surface area contributed by atoms with Gasteiger partial charge in [-0.05, 0) is 0 Å². The van der Waals surface area contributed by atoms with E-state index in [9.17, 15) is 0 Å². The van der Waals surface area contributed by atoms with Crippen LogP contribution in [0.25, 0.3) is 0 Å². The zero-order valence-corrected chi connectivity index (χ0v) is 15.0. The molecule has 0 aromatic carbocycles. The smallest absolute Gasteiger partial charge is 0.759 e. The van der Waals surface area contributed by atoms with Crippen LogP contribution in [0.2, 0.25) is 0 Å². The van der Waals surface area contributed by atoms with Crippen molar-refractivity contribution in [1.82, 2.24) is 0 Å². The second-order valence-corrected chi connectivity index (χ2v) is 2.45. The van der Waals surface area contributed by atoms with E-state index in [4.69, 9.17) is 35.0 Å². The van der Waals surface area contributed by atoms with Crippen molar-refractivity contribution >= 4 is 43.9 Å². The first-order valence-electron chi connectivity index (χ1n) is 1.33. The zero-order valence-electron chi connectivity index (χ0n) is 9.00. The Kier molecular flexibility index (Phi) is 172. The van der Waals surface area contributed by atoms with Crippen molar-refractivity contribution in [2.24, 2.45) is 0 Å². The summed E-state index contributed by atoms with van der Waals surface area (Å²) in [4.78, 5) is 0. The standard InChI is InChI=1S/Mg.2H2O4S.7H2O.Zn/c;2*1-5(2,3)4;;;;;;;;/h;2*(H2,1,2,3,4);7*1H2;/q+2;;;;;;;;;;+2/p-4. The number of hydrogen-bond donors (Lipinski definition) is 0. The van der Waals surface area contributed by atoms with Crippen molar-refractivity contribution in [1.29, 1.82) is 0 Å². The molecular formula is H14MgO15S2Zn. The van der Waals surface area contributed by atoms with Gasteiger partial charge in [-0.1, -0.05) is 0 Å². The summed E-state index contributed by atoms with van der Waals surface area (Å²) in [6.45, 7) is 0. The molecule has 0 saturated carbocycles. The predicted molar refractivity (Wildman–Crippen MR) is 52.0 cm³/mol. The van der Waals surface area contributed by atoms with E-state index in [1.54, 1.807) is 0 Å². The first kappa shape index (κ1) is 90.1. The minimum absolute atomic E-state index is 0. The maximum atomic E-state index is 8.52. The first-order valence-corrected chi connectivity index (χ1v) is 4.00. The molecular weight excluding hydrogens is 394 g/mol. The van der Waals surface area contributed by atoms with Gasteiger partial charge in [0.1, 0.15) is 0 Å². The Morgan fingerprint density at radius 2 is 0.474 bits per heavy atom. The minimum atomic E-state index is -5.17. The maximum absolute atomic E-state index is 8.52. The van der Waals surface area contributed by atoms with Crippen LogP contribution in [0.15, 0.2) is 0 Å². The van der Waals surface area contributed by atoms with Gasteiger partial charge in [-0.25, -0.2) is 0 Å². The molecule has 19 heavy (non-hydrogen) atoms. The number of rotatable bonds is 0. The summed E-state index contributed by atoms with van der Waals surface area (Å²) in [6.07, 6.45) is 0. The van der Waals surface area contributed by atoms with Crippen molar-refractivity contribution in [2.75, 3.05) is 0 Å². The van der Waals surface area contributed by atoms with Crippen LogP contribution in [0.4, 0.5) is 0 Å². The van der Waals surface area contributed by atoms with Crippen molar-refractivity contribution in [3.63, 3.8) is 0 Å². The summed E-state index contributed by atoms with van der Waals surface area (Å²) in [6, 6.07) is 0. The van der Waals surface area contributed by atoms with Crippen molar-refractivity contribution in [2.45, 2.75) is 0 Å². The average molecular weight is 408 g/mol. The topological polar surface area (TPSA) is 381 Å². The van der Waals surface area contributed by atoms with Gasteiger partial charge < -0.3 is 56.5 Å². The number of hydrogen-bond acceptors (Lipinski definition) is 8. The van der Waals surface area contributed by atoms with Gasteiger partial charge in [0.2, 0.25) is 0 Å². The molecule has 0 aromatic rings. The Bertz CT molecular complexity index is 217. The van der Waals surface area contributed by atoms with E-state index in [0.717, 1.165) is 0 Å². The predicted octanol–water partition coefficient (Wildman–Crippen LogP) is -8.83. The van der Waals surface area contributed by atoms with Crippen LogP contribution in [0.3, 0.4) is 0 Å². The van der Waals surface area contributed by atoms with Crippen molar-refractivity contribution in [3.8, 4) is 0 Å². The summed E-state index contributed by atoms with van der Waals surface area (Å²) in [5, 5.41) is 0. The summed E-state index contributed by atoms with van der Waals surface area (Å²) in [5.74, 6) is 0. The second-order valence-electron chi connectivity index (χ2n) is 0.816. The van der Waals surface area contributed by atoms with Crippen LogP contribution in [0.5, 0.6) is 0 Å². The largest absolute Gasteiger partial charge is 2.00 e. The van der Waals surface area contributed by atoms with E-state index in [2.05, 4.69) is 0 Å². The third-order valence-electron chi connectivity index (χ3n) is 0. The SMILES string of the molecule is O.O.O.O.O.O.O.O=S(=O)([O-])[O-].O=S(=O)([O-])[O-].[Mg+2].[Zn+2]. The third kappa shape index (κ3) is 7410. The Hall–Kier alpha value is 0.850. The van der Waals surface area contributed by atoms with Gasteiger partial charge in [-0.15, -0.1) is 0 Å². The van der Waals surface area contributed by atoms with Gasteiger partial charge in [-0.2, -0.15) is 0 Å². The van der Waals surface area contributed by atoms with Crippen LogP contribution < -0.4 is 0 Å². The fourth-order valence-corrected chi connectivity index (χ4v) is 0. The molecule has 0 saturated heterocycles. The first-order chi connectivity index (χ1) is 4.00. The molecule has 0 spiro atoms. The Balaban J connectivity index is -0.00000000508. The van der Waals surface area contributed by atoms with Crippen LogP contribution in [0, 0.1) is 0 Å². The van der Waals surface area contributed by atoms with Gasteiger partial charge in [0.25, 0.3) is 0 Å². The van der Waals surface area contributed by atoms with E-state index in [1.807, 2.05) is 0 Å². The molecule has 14 N–H and O–H groups in total. The molecule has 0 atom stereocenters. The molecule has 0 fully saturated rings. The van der Waals surface area contributed by atoms with Crippen LogP contribution in [0.1, 0.15) is 0 Å². The summed E-state index contributed by atoms with van der Waals surface area (Å²) in [7, 11) is -10.3. The Labute approximate surface area is 136 Å². The zero-order chi connectivity index (χ0) is 9.00. The van der Waals surface area contributed by atoms with E-state index in [-0.39, 0.29) is 80.9 Å². The Morgan fingerprint density at radius 1 is 0.474 bits per heavy atom. The Morgan fingerprint density at radius 3 is 0.474 bits per heavy atom. The second kappa shape index (κ2) is 36.4. The normalized spacial score (nSPS) is 6.11. The van der Waals surface area contributed by atoms with E-state index in [0.29, 0.717) is 0 Å². The fourth-order valence-electron chi connectivity index (χ4n) is 0. The molecule has 0 unspecified atom stereocenters. The quantitative estimate of drug-likeness (QED) is 0.210. The summed E-state index contributed by atoms with van der Waals surface area (Å²) in [5.41, 5.74) is 0. The van der Waals surface area contributed by atoms with Crippen molar-refractivity contribution in [3.05, 3.63) is 0 Å². The molecule has 15 nitrogen and oxygen atoms in total. The van der Waals surface area contributed by atoms with Crippen LogP contribution in [-0.2, 0) is 40.3 Å². The molecule has 0 rings (SSSR count). The van der Waals surface area contributed by atoms with Crippen LogP contribution in [-0.4, -0.2) is 96.4 Å². The molecule has 0 heterocycles. The monoisotopic (exact) mass is 406 g/mol. The molecule has 0 radical (unpaired) electrons. The minimum Gasteiger partial charge on any atom is -0.759 e. The molecule has 19 heteroatoms. The van der Waals surface area contributed by atoms with E-state index < -0.39 is 20.8 Å². The van der Waals surface area contributed by atoms with Crippen molar-refractivity contribution < 1.29 is 92.9 Å². The molecule has 0 aromatic heterocycles. The summed E-state index contributed by atoms with van der Waals surface area (Å²) >= 11 is 0. The molecule has 0 aliphatic carbocycles. The van der Waals surface area contributed by atoms with E-state index in [1.165, 1.54) is 0 Å². The molecule has 0 amide bonds. The summed E-state index contributed by atoms with van der Waals surface area (Å²) < 4.78 is 68.2. The van der Waals surface area contributed by atoms with E-state index >= 15 is 0 Å².